The summed E-state index contributed by atoms with van der Waals surface area (Å²) in [7, 11) is 0. The first-order valence-electron chi connectivity index (χ1n) is 4.77. The molecule has 0 saturated carbocycles. The van der Waals surface area contributed by atoms with Crippen LogP contribution >= 0.6 is 11.8 Å². The van der Waals surface area contributed by atoms with Gasteiger partial charge in [-0.05, 0) is 18.2 Å². The van der Waals surface area contributed by atoms with E-state index >= 15 is 0 Å². The van der Waals surface area contributed by atoms with Crippen molar-refractivity contribution in [2.75, 3.05) is 35.2 Å². The van der Waals surface area contributed by atoms with Crippen molar-refractivity contribution in [3.63, 3.8) is 0 Å². The van der Waals surface area contributed by atoms with Crippen LogP contribution in [0.4, 0.5) is 11.8 Å². The lowest BCUT2D eigenvalue weighted by molar-refractivity contribution is 0.784. The molecule has 76 valence electrons. The van der Waals surface area contributed by atoms with Crippen molar-refractivity contribution in [3.8, 4) is 0 Å². The molecular formula is C9H14N4S. The monoisotopic (exact) mass is 210 g/mol. The zero-order chi connectivity index (χ0) is 9.80. The minimum Gasteiger partial charge on any atom is -0.384 e. The summed E-state index contributed by atoms with van der Waals surface area (Å²) in [6.07, 6.45) is 2.92. The molecule has 1 saturated heterocycles. The van der Waals surface area contributed by atoms with Crippen LogP contribution < -0.4 is 10.6 Å². The number of hydrogen-bond donors (Lipinski definition) is 1. The Labute approximate surface area is 87.9 Å². The van der Waals surface area contributed by atoms with Crippen LogP contribution in [0, 0.1) is 0 Å². The first kappa shape index (κ1) is 9.58. The number of nitrogens with two attached hydrogens (primary N) is 1. The molecule has 1 aliphatic rings. The molecule has 2 N–H and O–H groups in total. The lowest BCUT2D eigenvalue weighted by Crippen LogP contribution is -2.27. The van der Waals surface area contributed by atoms with E-state index in [1.165, 1.54) is 12.2 Å². The Bertz CT molecular complexity index is 297. The molecule has 5 heteroatoms. The summed E-state index contributed by atoms with van der Waals surface area (Å²) in [6.45, 7) is 2.06. The maximum atomic E-state index is 5.62. The van der Waals surface area contributed by atoms with Gasteiger partial charge in [0.05, 0.1) is 0 Å². The lowest BCUT2D eigenvalue weighted by Gasteiger charge is -2.19. The fourth-order valence-corrected chi connectivity index (χ4v) is 2.35. The Balaban J connectivity index is 2.12. The van der Waals surface area contributed by atoms with Crippen molar-refractivity contribution < 1.29 is 0 Å². The number of nitrogens with zero attached hydrogens (tertiary/aromatic N) is 3. The van der Waals surface area contributed by atoms with E-state index in [9.17, 15) is 0 Å². The summed E-state index contributed by atoms with van der Waals surface area (Å²) in [5.74, 6) is 3.70. The SMILES string of the molecule is Nc1ccnc(N2CCCSCC2)n1. The van der Waals surface area contributed by atoms with E-state index < -0.39 is 0 Å². The summed E-state index contributed by atoms with van der Waals surface area (Å²) in [5.41, 5.74) is 5.62. The zero-order valence-electron chi connectivity index (χ0n) is 8.02. The molecular weight excluding hydrogens is 196 g/mol. The summed E-state index contributed by atoms with van der Waals surface area (Å²) >= 11 is 1.99. The molecule has 4 nitrogen and oxygen atoms in total. The topological polar surface area (TPSA) is 55.0 Å². The third-order valence-electron chi connectivity index (χ3n) is 2.17. The molecule has 1 aliphatic heterocycles. The largest absolute Gasteiger partial charge is 0.384 e. The minimum absolute atomic E-state index is 0.548. The van der Waals surface area contributed by atoms with Crippen LogP contribution in [0.5, 0.6) is 0 Å². The Hall–Kier alpha value is -0.970. The maximum Gasteiger partial charge on any atom is 0.227 e. The number of rotatable bonds is 1. The fraction of sp³-hybridized carbons (Fsp3) is 0.556. The summed E-state index contributed by atoms with van der Waals surface area (Å²) in [5, 5.41) is 0. The van der Waals surface area contributed by atoms with E-state index in [-0.39, 0.29) is 0 Å². The van der Waals surface area contributed by atoms with E-state index in [4.69, 9.17) is 5.73 Å². The normalized spacial score (nSPS) is 17.9. The van der Waals surface area contributed by atoms with Gasteiger partial charge in [0.25, 0.3) is 0 Å². The average molecular weight is 210 g/mol. The number of thioether (sulfide) groups is 1. The maximum absolute atomic E-state index is 5.62. The molecule has 2 rings (SSSR count). The van der Waals surface area contributed by atoms with Gasteiger partial charge in [0.2, 0.25) is 5.95 Å². The summed E-state index contributed by atoms with van der Waals surface area (Å²) in [4.78, 5) is 10.7. The van der Waals surface area contributed by atoms with E-state index in [0.717, 1.165) is 24.8 Å². The fourth-order valence-electron chi connectivity index (χ4n) is 1.46. The third-order valence-corrected chi connectivity index (χ3v) is 3.22. The molecule has 0 spiro atoms. The predicted octanol–water partition coefficient (Wildman–Crippen LogP) is 1.00. The first-order chi connectivity index (χ1) is 6.86. The quantitative estimate of drug-likeness (QED) is 0.749. The van der Waals surface area contributed by atoms with Gasteiger partial charge in [0.15, 0.2) is 0 Å². The van der Waals surface area contributed by atoms with Gasteiger partial charge in [-0.2, -0.15) is 16.7 Å². The van der Waals surface area contributed by atoms with Crippen molar-refractivity contribution in [2.45, 2.75) is 6.42 Å². The third kappa shape index (κ3) is 2.29. The molecule has 14 heavy (non-hydrogen) atoms. The highest BCUT2D eigenvalue weighted by molar-refractivity contribution is 7.99. The minimum atomic E-state index is 0.548. The highest BCUT2D eigenvalue weighted by Crippen LogP contribution is 2.15. The van der Waals surface area contributed by atoms with Crippen LogP contribution in [0.15, 0.2) is 12.3 Å². The van der Waals surface area contributed by atoms with Crippen molar-refractivity contribution >= 4 is 23.5 Å². The molecule has 1 aromatic rings. The molecule has 0 aromatic carbocycles. The van der Waals surface area contributed by atoms with Gasteiger partial charge in [-0.1, -0.05) is 0 Å². The lowest BCUT2D eigenvalue weighted by atomic mass is 10.4. The molecule has 0 bridgehead atoms. The highest BCUT2D eigenvalue weighted by atomic mass is 32.2. The Kier molecular flexibility index (Phi) is 3.08. The Morgan fingerprint density at radius 2 is 2.29 bits per heavy atom. The molecule has 2 heterocycles. The van der Waals surface area contributed by atoms with Crippen molar-refractivity contribution in [3.05, 3.63) is 12.3 Å². The number of anilines is 2. The summed E-state index contributed by atoms with van der Waals surface area (Å²) in [6, 6.07) is 1.72. The number of aromatic nitrogens is 2. The van der Waals surface area contributed by atoms with Gasteiger partial charge in [0.1, 0.15) is 5.82 Å². The van der Waals surface area contributed by atoms with E-state index in [1.807, 2.05) is 11.8 Å². The van der Waals surface area contributed by atoms with E-state index in [2.05, 4.69) is 14.9 Å². The smallest absolute Gasteiger partial charge is 0.227 e. The van der Waals surface area contributed by atoms with Gasteiger partial charge in [-0.15, -0.1) is 0 Å². The van der Waals surface area contributed by atoms with Crippen LogP contribution in [-0.4, -0.2) is 34.6 Å². The Morgan fingerprint density at radius 3 is 3.14 bits per heavy atom. The zero-order valence-corrected chi connectivity index (χ0v) is 8.83. The van der Waals surface area contributed by atoms with Gasteiger partial charge in [-0.25, -0.2) is 4.98 Å². The van der Waals surface area contributed by atoms with Crippen LogP contribution in [-0.2, 0) is 0 Å². The molecule has 1 fully saturated rings. The predicted molar refractivity (Wildman–Crippen MR) is 60.6 cm³/mol. The molecule has 0 amide bonds. The molecule has 0 atom stereocenters. The van der Waals surface area contributed by atoms with E-state index in [1.54, 1.807) is 12.3 Å². The van der Waals surface area contributed by atoms with Crippen LogP contribution in [0.2, 0.25) is 0 Å². The summed E-state index contributed by atoms with van der Waals surface area (Å²) < 4.78 is 0. The van der Waals surface area contributed by atoms with Crippen molar-refractivity contribution in [1.29, 1.82) is 0 Å². The van der Waals surface area contributed by atoms with Crippen molar-refractivity contribution in [1.82, 2.24) is 9.97 Å². The molecule has 1 aromatic heterocycles. The van der Waals surface area contributed by atoms with Gasteiger partial charge in [-0.3, -0.25) is 0 Å². The van der Waals surface area contributed by atoms with Crippen LogP contribution in [0.3, 0.4) is 0 Å². The molecule has 0 aliphatic carbocycles. The van der Waals surface area contributed by atoms with Gasteiger partial charge in [0, 0.05) is 25.0 Å². The Morgan fingerprint density at radius 1 is 1.36 bits per heavy atom. The standard InChI is InChI=1S/C9H14N4S/c10-8-2-3-11-9(12-8)13-4-1-6-14-7-5-13/h2-3H,1,4-7H2,(H2,10,11,12). The van der Waals surface area contributed by atoms with E-state index in [0.29, 0.717) is 5.82 Å². The number of hydrogen-bond acceptors (Lipinski definition) is 5. The van der Waals surface area contributed by atoms with Gasteiger partial charge >= 0.3 is 0 Å². The first-order valence-corrected chi connectivity index (χ1v) is 5.93. The second-order valence-corrected chi connectivity index (χ2v) is 4.46. The molecule has 0 unspecified atom stereocenters. The van der Waals surface area contributed by atoms with Crippen LogP contribution in [0.1, 0.15) is 6.42 Å². The van der Waals surface area contributed by atoms with Crippen LogP contribution in [0.25, 0.3) is 0 Å². The highest BCUT2D eigenvalue weighted by Gasteiger charge is 2.11. The second kappa shape index (κ2) is 4.50. The van der Waals surface area contributed by atoms with Gasteiger partial charge < -0.3 is 10.6 Å². The van der Waals surface area contributed by atoms with Crippen molar-refractivity contribution in [2.24, 2.45) is 0 Å². The molecule has 0 radical (unpaired) electrons. The average Bonchev–Trinajstić information content (AvgIpc) is 2.45. The number of nitrogen functional groups attached to an aromatic ring is 1. The second-order valence-electron chi connectivity index (χ2n) is 3.23.